The van der Waals surface area contributed by atoms with E-state index < -0.39 is 0 Å². The van der Waals surface area contributed by atoms with Gasteiger partial charge in [-0.2, -0.15) is 5.10 Å². The van der Waals surface area contributed by atoms with Crippen LogP contribution in [0, 0.1) is 4.77 Å². The molecule has 0 aliphatic carbocycles. The van der Waals surface area contributed by atoms with Crippen molar-refractivity contribution in [1.29, 1.82) is 0 Å². The summed E-state index contributed by atoms with van der Waals surface area (Å²) in [6, 6.07) is 8.97. The van der Waals surface area contributed by atoms with E-state index in [1.54, 1.807) is 12.1 Å². The standard InChI is InChI=1S/C16H14Cl2N4OS2/c1-2-22-14(20-21-16(22)24)8-19-15(23)13-4-3-12(25-13)9-5-10(17)7-11(18)6-9/h3-7H,2,8H2,1H3,(H,19,23)(H,21,24). The molecule has 0 aliphatic heterocycles. The van der Waals surface area contributed by atoms with E-state index in [2.05, 4.69) is 15.5 Å². The van der Waals surface area contributed by atoms with Gasteiger partial charge in [-0.25, -0.2) is 0 Å². The van der Waals surface area contributed by atoms with Crippen molar-refractivity contribution in [3.8, 4) is 10.4 Å². The molecule has 2 N–H and O–H groups in total. The average Bonchev–Trinajstić information content (AvgIpc) is 3.18. The molecule has 3 rings (SSSR count). The summed E-state index contributed by atoms with van der Waals surface area (Å²) >= 11 is 18.6. The van der Waals surface area contributed by atoms with Gasteiger partial charge in [0.05, 0.1) is 11.4 Å². The minimum absolute atomic E-state index is 0.166. The van der Waals surface area contributed by atoms with Crippen LogP contribution >= 0.6 is 46.8 Å². The molecule has 0 atom stereocenters. The van der Waals surface area contributed by atoms with Crippen molar-refractivity contribution in [3.05, 3.63) is 55.8 Å². The van der Waals surface area contributed by atoms with Crippen molar-refractivity contribution in [3.63, 3.8) is 0 Å². The van der Waals surface area contributed by atoms with E-state index in [4.69, 9.17) is 35.4 Å². The predicted molar refractivity (Wildman–Crippen MR) is 104 cm³/mol. The Bertz CT molecular complexity index is 956. The summed E-state index contributed by atoms with van der Waals surface area (Å²) in [6.45, 7) is 2.97. The Morgan fingerprint density at radius 2 is 2.04 bits per heavy atom. The number of benzene rings is 1. The van der Waals surface area contributed by atoms with Gasteiger partial charge >= 0.3 is 0 Å². The Morgan fingerprint density at radius 3 is 2.72 bits per heavy atom. The summed E-state index contributed by atoms with van der Waals surface area (Å²) in [5.74, 6) is 0.528. The summed E-state index contributed by atoms with van der Waals surface area (Å²) in [5, 5.41) is 10.8. The lowest BCUT2D eigenvalue weighted by Crippen LogP contribution is -2.23. The molecular weight excluding hydrogens is 399 g/mol. The Labute approximate surface area is 163 Å². The number of H-pyrrole nitrogens is 1. The van der Waals surface area contributed by atoms with Crippen LogP contribution in [0.4, 0.5) is 0 Å². The van der Waals surface area contributed by atoms with Gasteiger partial charge in [-0.1, -0.05) is 23.2 Å². The molecule has 0 saturated heterocycles. The molecule has 2 heterocycles. The van der Waals surface area contributed by atoms with Gasteiger partial charge in [0.15, 0.2) is 10.6 Å². The van der Waals surface area contributed by atoms with Crippen LogP contribution in [-0.2, 0) is 13.1 Å². The van der Waals surface area contributed by atoms with Gasteiger partial charge in [0.2, 0.25) is 0 Å². The van der Waals surface area contributed by atoms with Crippen LogP contribution in [0.25, 0.3) is 10.4 Å². The van der Waals surface area contributed by atoms with Crippen LogP contribution in [0.15, 0.2) is 30.3 Å². The molecule has 9 heteroatoms. The minimum atomic E-state index is -0.166. The second kappa shape index (κ2) is 7.70. The van der Waals surface area contributed by atoms with Crippen LogP contribution in [-0.4, -0.2) is 20.7 Å². The molecule has 2 aromatic heterocycles. The largest absolute Gasteiger partial charge is 0.344 e. The third kappa shape index (κ3) is 4.12. The molecule has 0 unspecified atom stereocenters. The minimum Gasteiger partial charge on any atom is -0.344 e. The lowest BCUT2D eigenvalue weighted by molar-refractivity contribution is 0.0953. The van der Waals surface area contributed by atoms with Gasteiger partial charge in [0, 0.05) is 21.5 Å². The van der Waals surface area contributed by atoms with Gasteiger partial charge in [0.25, 0.3) is 5.91 Å². The van der Waals surface area contributed by atoms with E-state index in [-0.39, 0.29) is 5.91 Å². The number of carbonyl (C=O) groups is 1. The number of amides is 1. The zero-order valence-electron chi connectivity index (χ0n) is 13.2. The normalized spacial score (nSPS) is 10.8. The van der Waals surface area contributed by atoms with Crippen LogP contribution in [0.3, 0.4) is 0 Å². The predicted octanol–water partition coefficient (Wildman–Crippen LogP) is 4.93. The number of rotatable bonds is 5. The molecule has 0 bridgehead atoms. The zero-order chi connectivity index (χ0) is 18.0. The Balaban J connectivity index is 1.73. The highest BCUT2D eigenvalue weighted by Crippen LogP contribution is 2.32. The molecule has 0 saturated carbocycles. The number of aromatic amines is 1. The number of hydrogen-bond donors (Lipinski definition) is 2. The molecule has 0 aliphatic rings. The topological polar surface area (TPSA) is 62.7 Å². The first-order chi connectivity index (χ1) is 12.0. The van der Waals surface area contributed by atoms with Crippen molar-refractivity contribution in [2.75, 3.05) is 0 Å². The average molecular weight is 413 g/mol. The quantitative estimate of drug-likeness (QED) is 0.584. The highest BCUT2D eigenvalue weighted by atomic mass is 35.5. The molecule has 5 nitrogen and oxygen atoms in total. The maximum Gasteiger partial charge on any atom is 0.261 e. The number of halogens is 2. The number of nitrogens with zero attached hydrogens (tertiary/aromatic N) is 2. The third-order valence-corrected chi connectivity index (χ3v) is 5.42. The monoisotopic (exact) mass is 412 g/mol. The Hall–Kier alpha value is -1.67. The summed E-state index contributed by atoms with van der Waals surface area (Å²) in [4.78, 5) is 13.9. The highest BCUT2D eigenvalue weighted by molar-refractivity contribution is 7.71. The van der Waals surface area contributed by atoms with Gasteiger partial charge in [-0.15, -0.1) is 11.3 Å². The fourth-order valence-electron chi connectivity index (χ4n) is 2.37. The number of thiophene rings is 1. The maximum absolute atomic E-state index is 12.4. The van der Waals surface area contributed by atoms with E-state index in [1.807, 2.05) is 29.7 Å². The fourth-order valence-corrected chi connectivity index (χ4v) is 4.08. The maximum atomic E-state index is 12.4. The number of hydrogen-bond acceptors (Lipinski definition) is 4. The lowest BCUT2D eigenvalue weighted by atomic mass is 10.2. The van der Waals surface area contributed by atoms with E-state index >= 15 is 0 Å². The Morgan fingerprint density at radius 1 is 1.32 bits per heavy atom. The van der Waals surface area contributed by atoms with E-state index in [9.17, 15) is 4.79 Å². The second-order valence-electron chi connectivity index (χ2n) is 5.19. The highest BCUT2D eigenvalue weighted by Gasteiger charge is 2.12. The summed E-state index contributed by atoms with van der Waals surface area (Å²) in [7, 11) is 0. The van der Waals surface area contributed by atoms with Gasteiger partial charge in [-0.05, 0) is 55.0 Å². The molecule has 0 radical (unpaired) electrons. The van der Waals surface area contributed by atoms with Crippen molar-refractivity contribution in [2.24, 2.45) is 0 Å². The number of nitrogens with one attached hydrogen (secondary N) is 2. The molecule has 3 aromatic rings. The first-order valence-electron chi connectivity index (χ1n) is 7.46. The van der Waals surface area contributed by atoms with Gasteiger partial charge in [-0.3, -0.25) is 9.89 Å². The van der Waals surface area contributed by atoms with Crippen LogP contribution in [0.2, 0.25) is 10.0 Å². The molecule has 25 heavy (non-hydrogen) atoms. The SMILES string of the molecule is CCn1c(CNC(=O)c2ccc(-c3cc(Cl)cc(Cl)c3)s2)n[nH]c1=S. The van der Waals surface area contributed by atoms with Gasteiger partial charge in [0.1, 0.15) is 0 Å². The number of carbonyl (C=O) groups excluding carboxylic acids is 1. The van der Waals surface area contributed by atoms with Crippen molar-refractivity contribution >= 4 is 52.7 Å². The second-order valence-corrected chi connectivity index (χ2v) is 7.54. The first-order valence-corrected chi connectivity index (χ1v) is 9.44. The van der Waals surface area contributed by atoms with Gasteiger partial charge < -0.3 is 9.88 Å². The van der Waals surface area contributed by atoms with Crippen molar-refractivity contribution in [1.82, 2.24) is 20.1 Å². The van der Waals surface area contributed by atoms with Crippen LogP contribution in [0.1, 0.15) is 22.4 Å². The van der Waals surface area contributed by atoms with Crippen LogP contribution < -0.4 is 5.32 Å². The smallest absolute Gasteiger partial charge is 0.261 e. The van der Waals surface area contributed by atoms with E-state index in [0.717, 1.165) is 10.4 Å². The zero-order valence-corrected chi connectivity index (χ0v) is 16.3. The molecule has 0 spiro atoms. The van der Waals surface area contributed by atoms with E-state index in [1.165, 1.54) is 11.3 Å². The van der Waals surface area contributed by atoms with E-state index in [0.29, 0.717) is 38.6 Å². The Kier molecular flexibility index (Phi) is 5.58. The van der Waals surface area contributed by atoms with Crippen molar-refractivity contribution in [2.45, 2.75) is 20.0 Å². The summed E-state index contributed by atoms with van der Waals surface area (Å²) in [5.41, 5.74) is 0.883. The van der Waals surface area contributed by atoms with Crippen LogP contribution in [0.5, 0.6) is 0 Å². The molecular formula is C16H14Cl2N4OS2. The third-order valence-electron chi connectivity index (χ3n) is 3.54. The molecule has 1 amide bonds. The summed E-state index contributed by atoms with van der Waals surface area (Å²) < 4.78 is 2.38. The molecule has 1 aromatic carbocycles. The fraction of sp³-hybridized carbons (Fsp3) is 0.188. The molecule has 130 valence electrons. The number of aromatic nitrogens is 3. The summed E-state index contributed by atoms with van der Waals surface area (Å²) in [6.07, 6.45) is 0. The van der Waals surface area contributed by atoms with Crippen molar-refractivity contribution < 1.29 is 4.79 Å². The lowest BCUT2D eigenvalue weighted by Gasteiger charge is -2.05. The first kappa shape index (κ1) is 18.1. The molecule has 0 fully saturated rings.